The first-order valence-corrected chi connectivity index (χ1v) is 6.65. The van der Waals surface area contributed by atoms with Crippen LogP contribution in [0.2, 0.25) is 0 Å². The van der Waals surface area contributed by atoms with E-state index in [1.54, 1.807) is 18.3 Å². The minimum atomic E-state index is -0.00994. The topological polar surface area (TPSA) is 60.5 Å². The fraction of sp³-hybridized carbons (Fsp3) is 0.571. The molecule has 1 fully saturated rings. The summed E-state index contributed by atoms with van der Waals surface area (Å²) in [5.74, 6) is 1.18. The predicted octanol–water partition coefficient (Wildman–Crippen LogP) is 1.57. The second kappa shape index (κ2) is 6.52. The monoisotopic (exact) mass is 264 g/mol. The molecule has 104 valence electrons. The van der Waals surface area contributed by atoms with Gasteiger partial charge in [0, 0.05) is 12.1 Å². The van der Waals surface area contributed by atoms with Crippen molar-refractivity contribution in [2.75, 3.05) is 13.2 Å². The van der Waals surface area contributed by atoms with Crippen LogP contribution in [0.25, 0.3) is 0 Å². The molecule has 1 aliphatic rings. The largest absolute Gasteiger partial charge is 0.484 e. The molecule has 0 bridgehead atoms. The Morgan fingerprint density at radius 2 is 2.26 bits per heavy atom. The zero-order chi connectivity index (χ0) is 13.7. The van der Waals surface area contributed by atoms with Gasteiger partial charge in [-0.1, -0.05) is 6.92 Å². The molecule has 2 rings (SSSR count). The van der Waals surface area contributed by atoms with Crippen molar-refractivity contribution in [3.63, 3.8) is 0 Å². The van der Waals surface area contributed by atoms with E-state index in [0.717, 1.165) is 19.4 Å². The molecule has 1 saturated carbocycles. The van der Waals surface area contributed by atoms with E-state index >= 15 is 0 Å². The summed E-state index contributed by atoms with van der Waals surface area (Å²) in [5.41, 5.74) is 0. The van der Waals surface area contributed by atoms with Crippen molar-refractivity contribution < 1.29 is 14.3 Å². The van der Waals surface area contributed by atoms with E-state index < -0.39 is 0 Å². The molecule has 0 aliphatic heterocycles. The third kappa shape index (κ3) is 4.21. The maximum absolute atomic E-state index is 10.8. The number of carbonyl (C=O) groups is 1. The Morgan fingerprint density at radius 3 is 2.84 bits per heavy atom. The summed E-state index contributed by atoms with van der Waals surface area (Å²) in [7, 11) is 0. The van der Waals surface area contributed by atoms with Gasteiger partial charge in [0.25, 0.3) is 0 Å². The third-order valence-electron chi connectivity index (χ3n) is 3.03. The number of nitrogens with zero attached hydrogens (tertiary/aromatic N) is 1. The minimum absolute atomic E-state index is 0.00994. The van der Waals surface area contributed by atoms with Gasteiger partial charge in [-0.15, -0.1) is 0 Å². The maximum atomic E-state index is 10.8. The molecule has 1 aliphatic carbocycles. The molecule has 5 nitrogen and oxygen atoms in total. The van der Waals surface area contributed by atoms with Crippen LogP contribution in [-0.2, 0) is 4.79 Å². The second-order valence-electron chi connectivity index (χ2n) is 4.79. The van der Waals surface area contributed by atoms with Crippen molar-refractivity contribution in [3.05, 3.63) is 18.3 Å². The lowest BCUT2D eigenvalue weighted by molar-refractivity contribution is -0.118. The summed E-state index contributed by atoms with van der Waals surface area (Å²) in [6, 6.07) is 4.12. The number of rotatable bonds is 7. The van der Waals surface area contributed by atoms with Gasteiger partial charge < -0.3 is 14.8 Å². The Bertz CT molecular complexity index is 413. The van der Waals surface area contributed by atoms with Gasteiger partial charge in [-0.05, 0) is 32.4 Å². The van der Waals surface area contributed by atoms with Crippen molar-refractivity contribution in [2.45, 2.75) is 38.8 Å². The Balaban J connectivity index is 1.75. The fourth-order valence-electron chi connectivity index (χ4n) is 1.99. The number of nitrogens with one attached hydrogen (secondary N) is 1. The highest BCUT2D eigenvalue weighted by molar-refractivity contribution is 5.77. The molecule has 0 aromatic carbocycles. The first kappa shape index (κ1) is 13.8. The summed E-state index contributed by atoms with van der Waals surface area (Å²) < 4.78 is 11.0. The molecule has 0 amide bonds. The number of ether oxygens (including phenoxy) is 2. The fourth-order valence-corrected chi connectivity index (χ4v) is 1.99. The van der Waals surface area contributed by atoms with Gasteiger partial charge in [-0.3, -0.25) is 4.79 Å². The van der Waals surface area contributed by atoms with Crippen molar-refractivity contribution in [1.29, 1.82) is 0 Å². The minimum Gasteiger partial charge on any atom is -0.484 e. The lowest BCUT2D eigenvalue weighted by atomic mass is 9.89. The van der Waals surface area contributed by atoms with Crippen LogP contribution in [0.4, 0.5) is 0 Å². The van der Waals surface area contributed by atoms with E-state index in [0.29, 0.717) is 17.7 Å². The molecular weight excluding hydrogens is 244 g/mol. The van der Waals surface area contributed by atoms with Gasteiger partial charge in [-0.25, -0.2) is 4.98 Å². The van der Waals surface area contributed by atoms with E-state index in [1.165, 1.54) is 6.92 Å². The number of carbonyl (C=O) groups excluding carboxylic acids is 1. The first-order valence-electron chi connectivity index (χ1n) is 6.65. The number of pyridine rings is 1. The number of Topliss-reactive ketones (excluding diaryl/α,β-unsaturated/α-hetero) is 1. The molecule has 0 atom stereocenters. The molecule has 1 aromatic rings. The average Bonchev–Trinajstić information content (AvgIpc) is 2.35. The van der Waals surface area contributed by atoms with Crippen LogP contribution in [0.15, 0.2) is 18.3 Å². The molecule has 0 saturated heterocycles. The molecule has 1 aromatic heterocycles. The smallest absolute Gasteiger partial charge is 0.213 e. The summed E-state index contributed by atoms with van der Waals surface area (Å²) in [6.45, 7) is 4.67. The van der Waals surface area contributed by atoms with E-state index in [-0.39, 0.29) is 18.5 Å². The highest BCUT2D eigenvalue weighted by atomic mass is 16.5. The number of ketones is 1. The van der Waals surface area contributed by atoms with E-state index in [1.807, 2.05) is 0 Å². The standard InChI is InChI=1S/C14H20N2O3/c1-3-15-11-6-13(7-11)19-14-5-4-12(8-16-14)18-9-10(2)17/h4-5,8,11,13,15H,3,6-7,9H2,1-2H3. The van der Waals surface area contributed by atoms with Crippen LogP contribution in [-0.4, -0.2) is 36.1 Å². The van der Waals surface area contributed by atoms with Crippen molar-refractivity contribution in [2.24, 2.45) is 0 Å². The van der Waals surface area contributed by atoms with E-state index in [9.17, 15) is 4.79 Å². The molecule has 0 unspecified atom stereocenters. The van der Waals surface area contributed by atoms with Gasteiger partial charge in [0.2, 0.25) is 5.88 Å². The van der Waals surface area contributed by atoms with Crippen LogP contribution in [0, 0.1) is 0 Å². The second-order valence-corrected chi connectivity index (χ2v) is 4.79. The van der Waals surface area contributed by atoms with Gasteiger partial charge in [-0.2, -0.15) is 0 Å². The zero-order valence-electron chi connectivity index (χ0n) is 11.4. The molecule has 0 spiro atoms. The third-order valence-corrected chi connectivity index (χ3v) is 3.03. The number of aromatic nitrogens is 1. The summed E-state index contributed by atoms with van der Waals surface area (Å²) >= 11 is 0. The number of hydrogen-bond donors (Lipinski definition) is 1. The Morgan fingerprint density at radius 1 is 1.47 bits per heavy atom. The molecule has 5 heteroatoms. The SMILES string of the molecule is CCNC1CC(Oc2ccc(OCC(C)=O)cn2)C1. The van der Waals surface area contributed by atoms with Gasteiger partial charge in [0.05, 0.1) is 6.20 Å². The zero-order valence-corrected chi connectivity index (χ0v) is 11.4. The Labute approximate surface area is 113 Å². The van der Waals surface area contributed by atoms with Gasteiger partial charge in [0.1, 0.15) is 18.5 Å². The van der Waals surface area contributed by atoms with Gasteiger partial charge >= 0.3 is 0 Å². The van der Waals surface area contributed by atoms with Crippen LogP contribution in [0.1, 0.15) is 26.7 Å². The Kier molecular flexibility index (Phi) is 4.74. The summed E-state index contributed by atoms with van der Waals surface area (Å²) in [5, 5.41) is 3.38. The maximum Gasteiger partial charge on any atom is 0.213 e. The molecule has 0 radical (unpaired) electrons. The highest BCUT2D eigenvalue weighted by Gasteiger charge is 2.30. The average molecular weight is 264 g/mol. The van der Waals surface area contributed by atoms with Crippen LogP contribution < -0.4 is 14.8 Å². The van der Waals surface area contributed by atoms with Crippen LogP contribution in [0.3, 0.4) is 0 Å². The molecule has 1 heterocycles. The molecular formula is C14H20N2O3. The lowest BCUT2D eigenvalue weighted by Crippen LogP contribution is -2.46. The van der Waals surface area contributed by atoms with Crippen molar-refractivity contribution in [3.8, 4) is 11.6 Å². The van der Waals surface area contributed by atoms with Crippen molar-refractivity contribution >= 4 is 5.78 Å². The van der Waals surface area contributed by atoms with E-state index in [2.05, 4.69) is 17.2 Å². The van der Waals surface area contributed by atoms with Gasteiger partial charge in [0.15, 0.2) is 5.78 Å². The van der Waals surface area contributed by atoms with Crippen LogP contribution >= 0.6 is 0 Å². The molecule has 1 N–H and O–H groups in total. The Hall–Kier alpha value is -1.62. The normalized spacial score (nSPS) is 21.6. The first-order chi connectivity index (χ1) is 9.17. The highest BCUT2D eigenvalue weighted by Crippen LogP contribution is 2.25. The van der Waals surface area contributed by atoms with Crippen molar-refractivity contribution in [1.82, 2.24) is 10.3 Å². The lowest BCUT2D eigenvalue weighted by Gasteiger charge is -2.35. The van der Waals surface area contributed by atoms with Crippen LogP contribution in [0.5, 0.6) is 11.6 Å². The summed E-state index contributed by atoms with van der Waals surface area (Å²) in [6.07, 6.45) is 3.88. The van der Waals surface area contributed by atoms with E-state index in [4.69, 9.17) is 9.47 Å². The molecule has 19 heavy (non-hydrogen) atoms. The number of hydrogen-bond acceptors (Lipinski definition) is 5. The summed E-state index contributed by atoms with van der Waals surface area (Å²) in [4.78, 5) is 15.0. The quantitative estimate of drug-likeness (QED) is 0.810. The predicted molar refractivity (Wildman–Crippen MR) is 71.5 cm³/mol.